The van der Waals surface area contributed by atoms with E-state index < -0.39 is 10.0 Å². The number of nitriles is 1. The van der Waals surface area contributed by atoms with E-state index in [9.17, 15) is 8.42 Å². The molecule has 0 aliphatic carbocycles. The fourth-order valence-corrected chi connectivity index (χ4v) is 3.27. The van der Waals surface area contributed by atoms with Crippen LogP contribution < -0.4 is 0 Å². The fraction of sp³-hybridized carbons (Fsp3) is 0.600. The second kappa shape index (κ2) is 5.06. The van der Waals surface area contributed by atoms with E-state index in [4.69, 9.17) is 5.26 Å². The highest BCUT2D eigenvalue weighted by molar-refractivity contribution is 7.89. The van der Waals surface area contributed by atoms with Crippen LogP contribution in [0.15, 0.2) is 17.3 Å². The second-order valence-electron chi connectivity index (χ2n) is 4.18. The molecule has 0 radical (unpaired) electrons. The number of hydrogen-bond donors (Lipinski definition) is 1. The number of rotatable bonds is 3. The smallest absolute Gasteiger partial charge is 0.246 e. The van der Waals surface area contributed by atoms with E-state index in [1.54, 1.807) is 0 Å². The highest BCUT2D eigenvalue weighted by Gasteiger charge is 2.30. The van der Waals surface area contributed by atoms with Gasteiger partial charge in [0.05, 0.1) is 18.3 Å². The van der Waals surface area contributed by atoms with E-state index in [2.05, 4.69) is 16.3 Å². The number of H-pyrrole nitrogens is 1. The molecule has 98 valence electrons. The first-order valence-electron chi connectivity index (χ1n) is 5.68. The van der Waals surface area contributed by atoms with Crippen molar-refractivity contribution >= 4 is 10.0 Å². The maximum Gasteiger partial charge on any atom is 0.246 e. The molecule has 1 fully saturated rings. The van der Waals surface area contributed by atoms with Gasteiger partial charge in [-0.2, -0.15) is 14.7 Å². The molecule has 0 aromatic carbocycles. The minimum absolute atomic E-state index is 0.177. The highest BCUT2D eigenvalue weighted by Crippen LogP contribution is 2.16. The van der Waals surface area contributed by atoms with Crippen molar-refractivity contribution in [2.75, 3.05) is 26.2 Å². The lowest BCUT2D eigenvalue weighted by atomic mass is 10.2. The largest absolute Gasteiger partial charge is 0.286 e. The summed E-state index contributed by atoms with van der Waals surface area (Å²) in [4.78, 5) is 2.16. The van der Waals surface area contributed by atoms with Gasteiger partial charge in [0, 0.05) is 32.4 Å². The Labute approximate surface area is 106 Å². The number of aromatic amines is 1. The van der Waals surface area contributed by atoms with E-state index >= 15 is 0 Å². The Hall–Kier alpha value is -1.43. The van der Waals surface area contributed by atoms with Crippen molar-refractivity contribution in [2.24, 2.45) is 0 Å². The molecule has 1 aromatic rings. The normalized spacial score (nSPS) is 20.4. The van der Waals surface area contributed by atoms with Crippen molar-refractivity contribution < 1.29 is 8.42 Å². The zero-order valence-corrected chi connectivity index (χ0v) is 10.9. The van der Waals surface area contributed by atoms with Crippen LogP contribution in [0.3, 0.4) is 0 Å². The third kappa shape index (κ3) is 2.38. The maximum absolute atomic E-state index is 12.2. The Morgan fingerprint density at radius 1 is 1.44 bits per heavy atom. The molecule has 1 unspecified atom stereocenters. The average Bonchev–Trinajstić information content (AvgIpc) is 2.92. The summed E-state index contributed by atoms with van der Waals surface area (Å²) in [6.07, 6.45) is 2.68. The highest BCUT2D eigenvalue weighted by atomic mass is 32.2. The molecule has 1 atom stereocenters. The molecule has 1 saturated heterocycles. The van der Waals surface area contributed by atoms with Gasteiger partial charge in [0.15, 0.2) is 0 Å². The number of hydrogen-bond acceptors (Lipinski definition) is 5. The summed E-state index contributed by atoms with van der Waals surface area (Å²) in [6, 6.07) is 1.98. The molecule has 0 amide bonds. The lowest BCUT2D eigenvalue weighted by Crippen LogP contribution is -2.50. The molecule has 2 rings (SSSR count). The van der Waals surface area contributed by atoms with Crippen molar-refractivity contribution in [3.05, 3.63) is 12.4 Å². The molecule has 7 nitrogen and oxygen atoms in total. The summed E-state index contributed by atoms with van der Waals surface area (Å²) in [7, 11) is -3.44. The molecule has 1 aliphatic rings. The van der Waals surface area contributed by atoms with Crippen LogP contribution in [0.25, 0.3) is 0 Å². The predicted octanol–water partition coefficient (Wildman–Crippen LogP) is -0.372. The van der Waals surface area contributed by atoms with Gasteiger partial charge in [-0.25, -0.2) is 8.42 Å². The summed E-state index contributed by atoms with van der Waals surface area (Å²) in [6.45, 7) is 3.77. The third-order valence-corrected chi connectivity index (χ3v) is 4.98. The van der Waals surface area contributed by atoms with Crippen molar-refractivity contribution in [3.63, 3.8) is 0 Å². The first-order chi connectivity index (χ1) is 8.55. The van der Waals surface area contributed by atoms with Gasteiger partial charge in [0.1, 0.15) is 4.90 Å². The summed E-state index contributed by atoms with van der Waals surface area (Å²) in [5.74, 6) is 0. The third-order valence-electron chi connectivity index (χ3n) is 3.12. The van der Waals surface area contributed by atoms with Crippen molar-refractivity contribution in [1.29, 1.82) is 5.26 Å². The van der Waals surface area contributed by atoms with Crippen LogP contribution >= 0.6 is 0 Å². The quantitative estimate of drug-likeness (QED) is 0.808. The van der Waals surface area contributed by atoms with Crippen LogP contribution in [-0.2, 0) is 10.0 Å². The zero-order chi connectivity index (χ0) is 13.2. The van der Waals surface area contributed by atoms with Crippen LogP contribution in [-0.4, -0.2) is 60.0 Å². The van der Waals surface area contributed by atoms with Crippen LogP contribution in [0.1, 0.15) is 6.92 Å². The van der Waals surface area contributed by atoms with Crippen LogP contribution in [0, 0.1) is 11.3 Å². The number of sulfonamides is 1. The summed E-state index contributed by atoms with van der Waals surface area (Å²) in [5, 5.41) is 15.0. The first kappa shape index (κ1) is 13.0. The molecule has 1 aliphatic heterocycles. The van der Waals surface area contributed by atoms with Crippen LogP contribution in [0.5, 0.6) is 0 Å². The van der Waals surface area contributed by atoms with Gasteiger partial charge in [0.25, 0.3) is 0 Å². The van der Waals surface area contributed by atoms with E-state index in [1.165, 1.54) is 16.7 Å². The van der Waals surface area contributed by atoms with E-state index in [0.717, 1.165) is 0 Å². The molecular formula is C10H15N5O2S. The Bertz CT molecular complexity index is 525. The minimum Gasteiger partial charge on any atom is -0.286 e. The molecule has 1 aromatic heterocycles. The monoisotopic (exact) mass is 269 g/mol. The van der Waals surface area contributed by atoms with Crippen molar-refractivity contribution in [2.45, 2.75) is 17.9 Å². The van der Waals surface area contributed by atoms with Gasteiger partial charge >= 0.3 is 0 Å². The van der Waals surface area contributed by atoms with Gasteiger partial charge in [-0.1, -0.05) is 0 Å². The Morgan fingerprint density at radius 2 is 2.11 bits per heavy atom. The van der Waals surface area contributed by atoms with Gasteiger partial charge in [-0.05, 0) is 6.92 Å². The average molecular weight is 269 g/mol. The summed E-state index contributed by atoms with van der Waals surface area (Å²) >= 11 is 0. The molecule has 0 saturated carbocycles. The second-order valence-corrected chi connectivity index (χ2v) is 6.12. The number of piperazine rings is 1. The topological polar surface area (TPSA) is 93.1 Å². The van der Waals surface area contributed by atoms with E-state index in [0.29, 0.717) is 26.2 Å². The van der Waals surface area contributed by atoms with Gasteiger partial charge in [-0.15, -0.1) is 0 Å². The van der Waals surface area contributed by atoms with E-state index in [1.807, 2.05) is 11.8 Å². The zero-order valence-electron chi connectivity index (χ0n) is 10.1. The molecule has 8 heteroatoms. The van der Waals surface area contributed by atoms with Crippen LogP contribution in [0.4, 0.5) is 0 Å². The van der Waals surface area contributed by atoms with Gasteiger partial charge < -0.3 is 0 Å². The number of nitrogens with one attached hydrogen (secondary N) is 1. The first-order valence-corrected chi connectivity index (χ1v) is 7.12. The lowest BCUT2D eigenvalue weighted by molar-refractivity contribution is 0.169. The molecular weight excluding hydrogens is 254 g/mol. The minimum atomic E-state index is -3.44. The SMILES string of the molecule is CC(C#N)N1CCN(S(=O)(=O)c2cn[nH]c2)CC1. The fourth-order valence-electron chi connectivity index (χ4n) is 1.94. The lowest BCUT2D eigenvalue weighted by Gasteiger charge is -2.34. The van der Waals surface area contributed by atoms with Gasteiger partial charge in [-0.3, -0.25) is 10.00 Å². The summed E-state index contributed by atoms with van der Waals surface area (Å²) < 4.78 is 25.8. The van der Waals surface area contributed by atoms with Crippen molar-refractivity contribution in [3.8, 4) is 6.07 Å². The number of aromatic nitrogens is 2. The standard InChI is InChI=1S/C10H15N5O2S/c1-9(6-11)14-2-4-15(5-3-14)18(16,17)10-7-12-13-8-10/h7-9H,2-5H2,1H3,(H,12,13). The van der Waals surface area contributed by atoms with Crippen molar-refractivity contribution in [1.82, 2.24) is 19.4 Å². The molecule has 0 spiro atoms. The maximum atomic E-state index is 12.2. The Balaban J connectivity index is 2.05. The Kier molecular flexibility index (Phi) is 3.65. The van der Waals surface area contributed by atoms with Gasteiger partial charge in [0.2, 0.25) is 10.0 Å². The molecule has 18 heavy (non-hydrogen) atoms. The molecule has 0 bridgehead atoms. The van der Waals surface area contributed by atoms with Crippen LogP contribution in [0.2, 0.25) is 0 Å². The Morgan fingerprint density at radius 3 is 2.61 bits per heavy atom. The molecule has 1 N–H and O–H groups in total. The predicted molar refractivity (Wildman–Crippen MR) is 64.0 cm³/mol. The summed E-state index contributed by atoms with van der Waals surface area (Å²) in [5.41, 5.74) is 0. The number of nitrogens with zero attached hydrogens (tertiary/aromatic N) is 4. The molecule has 2 heterocycles. The van der Waals surface area contributed by atoms with E-state index in [-0.39, 0.29) is 10.9 Å².